The van der Waals surface area contributed by atoms with Crippen LogP contribution in [-0.4, -0.2) is 36.0 Å². The fraction of sp³-hybridized carbons (Fsp3) is 0.636. The van der Waals surface area contributed by atoms with Crippen molar-refractivity contribution in [2.75, 3.05) is 13.7 Å². The summed E-state index contributed by atoms with van der Waals surface area (Å²) in [7, 11) is 1.57. The minimum Gasteiger partial charge on any atom is -0.455 e. The SMILES string of the molecule is COCC(C)OC(=O)c1cc(C(C)C)[nH]n1. The van der Waals surface area contributed by atoms with Gasteiger partial charge < -0.3 is 9.47 Å². The monoisotopic (exact) mass is 226 g/mol. The van der Waals surface area contributed by atoms with Crippen molar-refractivity contribution in [3.63, 3.8) is 0 Å². The van der Waals surface area contributed by atoms with Crippen molar-refractivity contribution in [2.24, 2.45) is 0 Å². The van der Waals surface area contributed by atoms with Gasteiger partial charge in [0.1, 0.15) is 6.10 Å². The summed E-state index contributed by atoms with van der Waals surface area (Å²) in [4.78, 5) is 11.6. The summed E-state index contributed by atoms with van der Waals surface area (Å²) in [6.07, 6.45) is -0.267. The van der Waals surface area contributed by atoms with Crippen LogP contribution in [0.4, 0.5) is 0 Å². The predicted octanol–water partition coefficient (Wildman–Crippen LogP) is 1.72. The third-order valence-corrected chi connectivity index (χ3v) is 2.14. The second-order valence-corrected chi connectivity index (χ2v) is 4.03. The first-order chi connectivity index (χ1) is 7.54. The Morgan fingerprint density at radius 3 is 2.69 bits per heavy atom. The number of esters is 1. The lowest BCUT2D eigenvalue weighted by molar-refractivity contribution is 0.0114. The van der Waals surface area contributed by atoms with Gasteiger partial charge in [-0.25, -0.2) is 4.79 Å². The molecule has 0 aliphatic carbocycles. The van der Waals surface area contributed by atoms with Gasteiger partial charge in [-0.1, -0.05) is 13.8 Å². The molecular formula is C11H18N2O3. The molecule has 5 nitrogen and oxygen atoms in total. The van der Waals surface area contributed by atoms with Crippen molar-refractivity contribution in [3.8, 4) is 0 Å². The van der Waals surface area contributed by atoms with Crippen LogP contribution < -0.4 is 0 Å². The molecule has 0 bridgehead atoms. The summed E-state index contributed by atoms with van der Waals surface area (Å²) >= 11 is 0. The first kappa shape index (κ1) is 12.7. The Labute approximate surface area is 95.1 Å². The van der Waals surface area contributed by atoms with Gasteiger partial charge in [-0.2, -0.15) is 5.10 Å². The van der Waals surface area contributed by atoms with Crippen molar-refractivity contribution < 1.29 is 14.3 Å². The average Bonchev–Trinajstić information content (AvgIpc) is 2.66. The standard InChI is InChI=1S/C11H18N2O3/c1-7(2)9-5-10(13-12-9)11(14)16-8(3)6-15-4/h5,7-8H,6H2,1-4H3,(H,12,13). The van der Waals surface area contributed by atoms with Crippen LogP contribution in [-0.2, 0) is 9.47 Å². The number of methoxy groups -OCH3 is 1. The van der Waals surface area contributed by atoms with Crippen LogP contribution in [0.25, 0.3) is 0 Å². The quantitative estimate of drug-likeness (QED) is 0.776. The highest BCUT2D eigenvalue weighted by Crippen LogP contribution is 2.12. The van der Waals surface area contributed by atoms with Crippen LogP contribution in [0.5, 0.6) is 0 Å². The Hall–Kier alpha value is -1.36. The highest BCUT2D eigenvalue weighted by Gasteiger charge is 2.16. The summed E-state index contributed by atoms with van der Waals surface area (Å²) < 4.78 is 10.0. The average molecular weight is 226 g/mol. The van der Waals surface area contributed by atoms with E-state index in [2.05, 4.69) is 10.2 Å². The first-order valence-corrected chi connectivity index (χ1v) is 5.29. The molecule has 0 spiro atoms. The number of aromatic amines is 1. The Balaban J connectivity index is 2.59. The van der Waals surface area contributed by atoms with Crippen LogP contribution >= 0.6 is 0 Å². The number of carbonyl (C=O) groups is 1. The van der Waals surface area contributed by atoms with E-state index < -0.39 is 5.97 Å². The number of H-pyrrole nitrogens is 1. The molecular weight excluding hydrogens is 208 g/mol. The van der Waals surface area contributed by atoms with E-state index >= 15 is 0 Å². The van der Waals surface area contributed by atoms with Crippen molar-refractivity contribution in [2.45, 2.75) is 32.8 Å². The lowest BCUT2D eigenvalue weighted by Crippen LogP contribution is -2.19. The molecule has 1 heterocycles. The third kappa shape index (κ3) is 3.34. The second kappa shape index (κ2) is 5.65. The van der Waals surface area contributed by atoms with Gasteiger partial charge in [-0.05, 0) is 18.9 Å². The molecule has 0 saturated heterocycles. The van der Waals surface area contributed by atoms with Gasteiger partial charge in [0.2, 0.25) is 0 Å². The molecule has 0 aromatic carbocycles. The maximum atomic E-state index is 11.6. The predicted molar refractivity (Wildman–Crippen MR) is 59.4 cm³/mol. The summed E-state index contributed by atoms with van der Waals surface area (Å²) in [5.41, 5.74) is 1.23. The maximum Gasteiger partial charge on any atom is 0.359 e. The van der Waals surface area contributed by atoms with Crippen LogP contribution in [0, 0.1) is 0 Å². The lowest BCUT2D eigenvalue weighted by Gasteiger charge is -2.10. The molecule has 1 aromatic rings. The molecule has 0 aliphatic rings. The van der Waals surface area contributed by atoms with Crippen LogP contribution in [0.15, 0.2) is 6.07 Å². The van der Waals surface area contributed by atoms with E-state index in [0.717, 1.165) is 5.69 Å². The molecule has 1 N–H and O–H groups in total. The molecule has 0 saturated carbocycles. The van der Waals surface area contributed by atoms with Gasteiger partial charge in [-0.3, -0.25) is 5.10 Å². The Morgan fingerprint density at radius 1 is 1.50 bits per heavy atom. The van der Waals surface area contributed by atoms with Crippen molar-refractivity contribution in [3.05, 3.63) is 17.5 Å². The highest BCUT2D eigenvalue weighted by molar-refractivity contribution is 5.87. The minimum absolute atomic E-state index is 0.267. The van der Waals surface area contributed by atoms with Gasteiger partial charge in [0.25, 0.3) is 0 Å². The number of nitrogens with zero attached hydrogens (tertiary/aromatic N) is 1. The van der Waals surface area contributed by atoms with Crippen LogP contribution in [0.1, 0.15) is 42.9 Å². The number of ether oxygens (including phenoxy) is 2. The molecule has 1 atom stereocenters. The van der Waals surface area contributed by atoms with E-state index in [4.69, 9.17) is 9.47 Å². The molecule has 0 fully saturated rings. The van der Waals surface area contributed by atoms with E-state index in [1.54, 1.807) is 20.1 Å². The van der Waals surface area contributed by atoms with Crippen LogP contribution in [0.3, 0.4) is 0 Å². The number of nitrogens with one attached hydrogen (secondary N) is 1. The second-order valence-electron chi connectivity index (χ2n) is 4.03. The summed E-state index contributed by atoms with van der Waals surface area (Å²) in [5, 5.41) is 6.72. The zero-order chi connectivity index (χ0) is 12.1. The number of hydrogen-bond acceptors (Lipinski definition) is 4. The summed E-state index contributed by atoms with van der Waals surface area (Å²) in [5.74, 6) is -0.113. The fourth-order valence-electron chi connectivity index (χ4n) is 1.25. The number of rotatable bonds is 5. The zero-order valence-electron chi connectivity index (χ0n) is 10.1. The summed E-state index contributed by atoms with van der Waals surface area (Å²) in [6.45, 7) is 6.21. The van der Waals surface area contributed by atoms with Gasteiger partial charge in [0, 0.05) is 12.8 Å². The minimum atomic E-state index is -0.423. The van der Waals surface area contributed by atoms with E-state index in [1.807, 2.05) is 13.8 Å². The normalized spacial score (nSPS) is 12.8. The highest BCUT2D eigenvalue weighted by atomic mass is 16.6. The molecule has 0 aliphatic heterocycles. The van der Waals surface area contributed by atoms with E-state index in [9.17, 15) is 4.79 Å². The molecule has 1 rings (SSSR count). The van der Waals surface area contributed by atoms with Gasteiger partial charge >= 0.3 is 5.97 Å². The lowest BCUT2D eigenvalue weighted by atomic mass is 10.1. The van der Waals surface area contributed by atoms with Crippen LogP contribution in [0.2, 0.25) is 0 Å². The largest absolute Gasteiger partial charge is 0.455 e. The number of carbonyl (C=O) groups excluding carboxylic acids is 1. The zero-order valence-corrected chi connectivity index (χ0v) is 10.1. The first-order valence-electron chi connectivity index (χ1n) is 5.29. The number of hydrogen-bond donors (Lipinski definition) is 1. The molecule has 5 heteroatoms. The van der Waals surface area contributed by atoms with Crippen molar-refractivity contribution in [1.29, 1.82) is 0 Å². The molecule has 1 unspecified atom stereocenters. The fourth-order valence-corrected chi connectivity index (χ4v) is 1.25. The third-order valence-electron chi connectivity index (χ3n) is 2.14. The van der Waals surface area contributed by atoms with Gasteiger partial charge in [-0.15, -0.1) is 0 Å². The molecule has 0 amide bonds. The Morgan fingerprint density at radius 2 is 2.19 bits per heavy atom. The van der Waals surface area contributed by atoms with Crippen molar-refractivity contribution >= 4 is 5.97 Å². The number of aromatic nitrogens is 2. The van der Waals surface area contributed by atoms with Gasteiger partial charge in [0.05, 0.1) is 6.61 Å². The maximum absolute atomic E-state index is 11.6. The Bertz CT molecular complexity index is 347. The molecule has 16 heavy (non-hydrogen) atoms. The van der Waals surface area contributed by atoms with E-state index in [1.165, 1.54) is 0 Å². The topological polar surface area (TPSA) is 64.2 Å². The van der Waals surface area contributed by atoms with Crippen molar-refractivity contribution in [1.82, 2.24) is 10.2 Å². The summed E-state index contributed by atoms with van der Waals surface area (Å²) in [6, 6.07) is 1.71. The molecule has 1 aromatic heterocycles. The van der Waals surface area contributed by atoms with Gasteiger partial charge in [0.15, 0.2) is 5.69 Å². The molecule has 90 valence electrons. The van der Waals surface area contributed by atoms with E-state index in [-0.39, 0.29) is 6.10 Å². The molecule has 0 radical (unpaired) electrons. The van der Waals surface area contributed by atoms with E-state index in [0.29, 0.717) is 18.2 Å². The smallest absolute Gasteiger partial charge is 0.359 e. The Kier molecular flexibility index (Phi) is 4.49.